The molecule has 2 heterocycles. The fourth-order valence-corrected chi connectivity index (χ4v) is 2.45. The summed E-state index contributed by atoms with van der Waals surface area (Å²) in [6, 6.07) is 1.96. The van der Waals surface area contributed by atoms with Crippen molar-refractivity contribution < 1.29 is 14.3 Å². The minimum atomic E-state index is -0.0723. The van der Waals surface area contributed by atoms with Gasteiger partial charge in [0.15, 0.2) is 0 Å². The van der Waals surface area contributed by atoms with Crippen molar-refractivity contribution in [3.63, 3.8) is 0 Å². The van der Waals surface area contributed by atoms with E-state index < -0.39 is 0 Å². The highest BCUT2D eigenvalue weighted by atomic mass is 16.5. The van der Waals surface area contributed by atoms with Crippen LogP contribution in [0.4, 0.5) is 5.82 Å². The maximum atomic E-state index is 11.7. The normalized spacial score (nSPS) is 16.0. The predicted octanol–water partition coefficient (Wildman–Crippen LogP) is 1.79. The molecule has 0 bridgehead atoms. The SMILES string of the molecule is CCOCc1cc(N2CCC(C(=O)OCC)CC2)ncn1. The molecule has 0 aliphatic carbocycles. The minimum Gasteiger partial charge on any atom is -0.466 e. The number of aromatic nitrogens is 2. The Balaban J connectivity index is 1.91. The number of esters is 1. The van der Waals surface area contributed by atoms with Crippen LogP contribution in [0.3, 0.4) is 0 Å². The van der Waals surface area contributed by atoms with E-state index in [1.54, 1.807) is 6.33 Å². The van der Waals surface area contributed by atoms with Gasteiger partial charge in [0.1, 0.15) is 12.1 Å². The summed E-state index contributed by atoms with van der Waals surface area (Å²) >= 11 is 0. The van der Waals surface area contributed by atoms with Gasteiger partial charge in [-0.1, -0.05) is 0 Å². The Bertz CT molecular complexity index is 459. The number of hydrogen-bond acceptors (Lipinski definition) is 6. The van der Waals surface area contributed by atoms with Gasteiger partial charge in [-0.25, -0.2) is 9.97 Å². The number of ether oxygens (including phenoxy) is 2. The van der Waals surface area contributed by atoms with Crippen molar-refractivity contribution in [2.75, 3.05) is 31.2 Å². The second-order valence-corrected chi connectivity index (χ2v) is 5.02. The van der Waals surface area contributed by atoms with Crippen molar-refractivity contribution in [2.24, 2.45) is 5.92 Å². The molecule has 0 atom stereocenters. The Kier molecular flexibility index (Phi) is 5.92. The Labute approximate surface area is 125 Å². The van der Waals surface area contributed by atoms with Crippen molar-refractivity contribution >= 4 is 11.8 Å². The van der Waals surface area contributed by atoms with Crippen LogP contribution in [-0.2, 0) is 20.9 Å². The fourth-order valence-electron chi connectivity index (χ4n) is 2.45. The van der Waals surface area contributed by atoms with Gasteiger partial charge >= 0.3 is 5.97 Å². The zero-order valence-corrected chi connectivity index (χ0v) is 12.7. The number of rotatable bonds is 6. The lowest BCUT2D eigenvalue weighted by Crippen LogP contribution is -2.37. The molecule has 0 N–H and O–H groups in total. The van der Waals surface area contributed by atoms with E-state index in [4.69, 9.17) is 9.47 Å². The van der Waals surface area contributed by atoms with Gasteiger partial charge in [-0.2, -0.15) is 0 Å². The standard InChI is InChI=1S/C15H23N3O3/c1-3-20-10-13-9-14(17-11-16-13)18-7-5-12(6-8-18)15(19)21-4-2/h9,11-12H,3-8,10H2,1-2H3. The van der Waals surface area contributed by atoms with E-state index in [1.807, 2.05) is 19.9 Å². The summed E-state index contributed by atoms with van der Waals surface area (Å²) in [6.07, 6.45) is 3.19. The molecule has 0 unspecified atom stereocenters. The molecule has 1 aromatic rings. The average Bonchev–Trinajstić information content (AvgIpc) is 2.53. The van der Waals surface area contributed by atoms with Gasteiger partial charge in [-0.05, 0) is 26.7 Å². The predicted molar refractivity (Wildman–Crippen MR) is 78.9 cm³/mol. The van der Waals surface area contributed by atoms with Crippen LogP contribution >= 0.6 is 0 Å². The van der Waals surface area contributed by atoms with Crippen LogP contribution in [0.2, 0.25) is 0 Å². The quantitative estimate of drug-likeness (QED) is 0.745. The maximum Gasteiger partial charge on any atom is 0.309 e. The van der Waals surface area contributed by atoms with Gasteiger partial charge in [0.2, 0.25) is 0 Å². The van der Waals surface area contributed by atoms with E-state index in [-0.39, 0.29) is 11.9 Å². The summed E-state index contributed by atoms with van der Waals surface area (Å²) in [5, 5.41) is 0. The smallest absolute Gasteiger partial charge is 0.309 e. The fraction of sp³-hybridized carbons (Fsp3) is 0.667. The van der Waals surface area contributed by atoms with Crippen molar-refractivity contribution in [1.82, 2.24) is 9.97 Å². The Morgan fingerprint density at radius 1 is 1.29 bits per heavy atom. The lowest BCUT2D eigenvalue weighted by atomic mass is 9.97. The van der Waals surface area contributed by atoms with E-state index in [0.717, 1.165) is 37.4 Å². The molecular weight excluding hydrogens is 270 g/mol. The third kappa shape index (κ3) is 4.39. The number of piperidine rings is 1. The molecule has 0 radical (unpaired) electrons. The molecule has 1 aliphatic heterocycles. The number of anilines is 1. The Hall–Kier alpha value is -1.69. The lowest BCUT2D eigenvalue weighted by Gasteiger charge is -2.31. The molecule has 116 valence electrons. The highest BCUT2D eigenvalue weighted by molar-refractivity contribution is 5.72. The molecule has 1 aromatic heterocycles. The van der Waals surface area contributed by atoms with Crippen molar-refractivity contribution in [2.45, 2.75) is 33.3 Å². The van der Waals surface area contributed by atoms with Crippen LogP contribution in [0.25, 0.3) is 0 Å². The van der Waals surface area contributed by atoms with Gasteiger partial charge in [-0.3, -0.25) is 4.79 Å². The molecule has 21 heavy (non-hydrogen) atoms. The van der Waals surface area contributed by atoms with Gasteiger partial charge in [0.05, 0.1) is 24.8 Å². The average molecular weight is 293 g/mol. The highest BCUT2D eigenvalue weighted by Gasteiger charge is 2.26. The first-order chi connectivity index (χ1) is 10.2. The van der Waals surface area contributed by atoms with Gasteiger partial charge in [-0.15, -0.1) is 0 Å². The topological polar surface area (TPSA) is 64.5 Å². The van der Waals surface area contributed by atoms with Crippen molar-refractivity contribution in [3.05, 3.63) is 18.1 Å². The van der Waals surface area contributed by atoms with Crippen LogP contribution < -0.4 is 4.90 Å². The number of nitrogens with zero attached hydrogens (tertiary/aromatic N) is 3. The second-order valence-electron chi connectivity index (χ2n) is 5.02. The summed E-state index contributed by atoms with van der Waals surface area (Å²) < 4.78 is 10.5. The van der Waals surface area contributed by atoms with E-state index in [0.29, 0.717) is 19.8 Å². The molecule has 2 rings (SSSR count). The largest absolute Gasteiger partial charge is 0.466 e. The van der Waals surface area contributed by atoms with Crippen LogP contribution in [0, 0.1) is 5.92 Å². The molecule has 6 heteroatoms. The third-order valence-electron chi connectivity index (χ3n) is 3.60. The van der Waals surface area contributed by atoms with Crippen LogP contribution in [-0.4, -0.2) is 42.2 Å². The van der Waals surface area contributed by atoms with Crippen LogP contribution in [0.5, 0.6) is 0 Å². The molecule has 1 aliphatic rings. The molecule has 0 amide bonds. The summed E-state index contributed by atoms with van der Waals surface area (Å²) in [6.45, 7) is 7.06. The van der Waals surface area contributed by atoms with Crippen molar-refractivity contribution in [3.8, 4) is 0 Å². The molecule has 0 saturated carbocycles. The Morgan fingerprint density at radius 3 is 2.71 bits per heavy atom. The minimum absolute atomic E-state index is 0.0194. The third-order valence-corrected chi connectivity index (χ3v) is 3.60. The van der Waals surface area contributed by atoms with Crippen LogP contribution in [0.1, 0.15) is 32.4 Å². The highest BCUT2D eigenvalue weighted by Crippen LogP contribution is 2.23. The van der Waals surface area contributed by atoms with E-state index in [2.05, 4.69) is 14.9 Å². The van der Waals surface area contributed by atoms with Gasteiger partial charge in [0, 0.05) is 25.8 Å². The monoisotopic (exact) mass is 293 g/mol. The van der Waals surface area contributed by atoms with E-state index in [1.165, 1.54) is 0 Å². The van der Waals surface area contributed by atoms with E-state index >= 15 is 0 Å². The van der Waals surface area contributed by atoms with E-state index in [9.17, 15) is 4.79 Å². The first-order valence-corrected chi connectivity index (χ1v) is 7.54. The molecule has 0 spiro atoms. The Morgan fingerprint density at radius 2 is 2.05 bits per heavy atom. The molecule has 1 fully saturated rings. The number of carbonyl (C=O) groups is 1. The van der Waals surface area contributed by atoms with Gasteiger partial charge in [0.25, 0.3) is 0 Å². The number of carbonyl (C=O) groups excluding carboxylic acids is 1. The first kappa shape index (κ1) is 15.7. The van der Waals surface area contributed by atoms with Crippen molar-refractivity contribution in [1.29, 1.82) is 0 Å². The molecule has 6 nitrogen and oxygen atoms in total. The first-order valence-electron chi connectivity index (χ1n) is 7.54. The molecule has 1 saturated heterocycles. The van der Waals surface area contributed by atoms with Crippen LogP contribution in [0.15, 0.2) is 12.4 Å². The second kappa shape index (κ2) is 7.93. The lowest BCUT2D eigenvalue weighted by molar-refractivity contribution is -0.148. The molecule has 0 aromatic carbocycles. The summed E-state index contributed by atoms with van der Waals surface area (Å²) in [5.41, 5.74) is 0.884. The zero-order chi connectivity index (χ0) is 15.1. The summed E-state index contributed by atoms with van der Waals surface area (Å²) in [5.74, 6) is 0.852. The maximum absolute atomic E-state index is 11.7. The molecular formula is C15H23N3O3. The number of hydrogen-bond donors (Lipinski definition) is 0. The summed E-state index contributed by atoms with van der Waals surface area (Å²) in [7, 11) is 0. The van der Waals surface area contributed by atoms with Gasteiger partial charge < -0.3 is 14.4 Å². The summed E-state index contributed by atoms with van der Waals surface area (Å²) in [4.78, 5) is 22.4. The zero-order valence-electron chi connectivity index (χ0n) is 12.7.